The van der Waals surface area contributed by atoms with Gasteiger partial charge in [0, 0.05) is 37.9 Å². The Balaban J connectivity index is 1.51. The van der Waals surface area contributed by atoms with Crippen molar-refractivity contribution < 1.29 is 18.1 Å². The van der Waals surface area contributed by atoms with Crippen LogP contribution in [-0.4, -0.2) is 62.8 Å². The summed E-state index contributed by atoms with van der Waals surface area (Å²) in [6, 6.07) is 11.8. The number of anilines is 2. The summed E-state index contributed by atoms with van der Waals surface area (Å²) in [4.78, 5) is 13.2. The molecule has 11 heteroatoms. The van der Waals surface area contributed by atoms with Gasteiger partial charge in [0.05, 0.1) is 28.7 Å². The molecule has 0 spiro atoms. The first-order valence-corrected chi connectivity index (χ1v) is 12.3. The third-order valence-corrected chi connectivity index (χ3v) is 7.77. The molecule has 2 aliphatic rings. The van der Waals surface area contributed by atoms with E-state index in [1.54, 1.807) is 6.92 Å². The molecule has 2 aromatic rings. The van der Waals surface area contributed by atoms with E-state index in [-0.39, 0.29) is 16.3 Å². The fraction of sp³-hybridized carbons (Fsp3) is 0.409. The Labute approximate surface area is 193 Å². The maximum atomic E-state index is 12.8. The van der Waals surface area contributed by atoms with Gasteiger partial charge in [-0.1, -0.05) is 12.1 Å². The van der Waals surface area contributed by atoms with Crippen molar-refractivity contribution in [3.05, 3.63) is 58.1 Å². The number of nitrogens with zero attached hydrogens (tertiary/aromatic N) is 4. The first-order chi connectivity index (χ1) is 15.9. The predicted octanol–water partition coefficient (Wildman–Crippen LogP) is 3.05. The topological polar surface area (TPSA) is 117 Å². The lowest BCUT2D eigenvalue weighted by Crippen LogP contribution is -2.36. The molecule has 0 aliphatic carbocycles. The molecule has 0 bridgehead atoms. The van der Waals surface area contributed by atoms with E-state index in [2.05, 4.69) is 15.4 Å². The van der Waals surface area contributed by atoms with Crippen LogP contribution in [0.3, 0.4) is 0 Å². The Kier molecular flexibility index (Phi) is 6.91. The Morgan fingerprint density at radius 1 is 1.06 bits per heavy atom. The number of nitro groups is 1. The molecule has 0 amide bonds. The average molecular weight is 474 g/mol. The van der Waals surface area contributed by atoms with Gasteiger partial charge in [-0.05, 0) is 49.6 Å². The van der Waals surface area contributed by atoms with Crippen molar-refractivity contribution in [3.8, 4) is 0 Å². The second kappa shape index (κ2) is 9.86. The summed E-state index contributed by atoms with van der Waals surface area (Å²) in [5.41, 5.74) is 5.14. The Morgan fingerprint density at radius 2 is 1.73 bits per heavy atom. The van der Waals surface area contributed by atoms with Crippen molar-refractivity contribution in [3.63, 3.8) is 0 Å². The van der Waals surface area contributed by atoms with Gasteiger partial charge in [-0.15, -0.1) is 0 Å². The van der Waals surface area contributed by atoms with Gasteiger partial charge in [0.1, 0.15) is 5.69 Å². The summed E-state index contributed by atoms with van der Waals surface area (Å²) in [5, 5.41) is 15.9. The third kappa shape index (κ3) is 5.15. The second-order valence-corrected chi connectivity index (χ2v) is 9.94. The highest BCUT2D eigenvalue weighted by Gasteiger charge is 2.29. The molecule has 4 rings (SSSR count). The fourth-order valence-electron chi connectivity index (χ4n) is 3.94. The lowest BCUT2D eigenvalue weighted by Gasteiger charge is -2.28. The van der Waals surface area contributed by atoms with E-state index >= 15 is 0 Å². The van der Waals surface area contributed by atoms with E-state index in [9.17, 15) is 18.5 Å². The standard InChI is InChI=1S/C22H27N5O5S/c1-17(18-4-6-19(7-5-18)25-12-14-32-15-13-25)23-24-21-9-8-20(16-22(21)27(28)29)33(30,31)26-10-2-3-11-26/h4-9,16,24H,2-3,10-15H2,1H3/b23-17+. The van der Waals surface area contributed by atoms with E-state index in [0.717, 1.165) is 43.2 Å². The van der Waals surface area contributed by atoms with E-state index in [1.807, 2.05) is 24.3 Å². The highest BCUT2D eigenvalue weighted by Crippen LogP contribution is 2.30. The zero-order valence-electron chi connectivity index (χ0n) is 18.4. The van der Waals surface area contributed by atoms with Crippen LogP contribution in [0.15, 0.2) is 52.5 Å². The Morgan fingerprint density at radius 3 is 2.36 bits per heavy atom. The molecule has 0 aromatic heterocycles. The molecule has 2 aliphatic heterocycles. The number of sulfonamides is 1. The average Bonchev–Trinajstić information content (AvgIpc) is 3.39. The molecule has 0 atom stereocenters. The summed E-state index contributed by atoms with van der Waals surface area (Å²) < 4.78 is 32.3. The molecule has 2 fully saturated rings. The van der Waals surface area contributed by atoms with Crippen molar-refractivity contribution in [1.29, 1.82) is 0 Å². The summed E-state index contributed by atoms with van der Waals surface area (Å²) in [6.45, 7) is 5.79. The number of nitro benzene ring substituents is 1. The van der Waals surface area contributed by atoms with Crippen LogP contribution >= 0.6 is 0 Å². The minimum Gasteiger partial charge on any atom is -0.378 e. The molecule has 2 aromatic carbocycles. The molecule has 0 saturated carbocycles. The quantitative estimate of drug-likeness (QED) is 0.373. The molecule has 33 heavy (non-hydrogen) atoms. The molecule has 0 radical (unpaired) electrons. The minimum absolute atomic E-state index is 0.0824. The number of benzene rings is 2. The largest absolute Gasteiger partial charge is 0.378 e. The minimum atomic E-state index is -3.75. The van der Waals surface area contributed by atoms with Crippen LogP contribution in [0, 0.1) is 10.1 Å². The number of hydrogen-bond donors (Lipinski definition) is 1. The van der Waals surface area contributed by atoms with E-state index in [0.29, 0.717) is 32.0 Å². The molecule has 0 unspecified atom stereocenters. The molecular weight excluding hydrogens is 446 g/mol. The SMILES string of the molecule is C/C(=N\Nc1ccc(S(=O)(=O)N2CCCC2)cc1[N+](=O)[O-])c1ccc(N2CCOCC2)cc1. The van der Waals surface area contributed by atoms with Gasteiger partial charge in [-0.2, -0.15) is 9.41 Å². The van der Waals surface area contributed by atoms with E-state index in [4.69, 9.17) is 4.74 Å². The van der Waals surface area contributed by atoms with Crippen molar-refractivity contribution in [2.75, 3.05) is 49.7 Å². The number of hydrazone groups is 1. The van der Waals surface area contributed by atoms with Crippen LogP contribution in [-0.2, 0) is 14.8 Å². The van der Waals surface area contributed by atoms with Gasteiger partial charge >= 0.3 is 0 Å². The second-order valence-electron chi connectivity index (χ2n) is 8.00. The fourth-order valence-corrected chi connectivity index (χ4v) is 5.48. The van der Waals surface area contributed by atoms with E-state index < -0.39 is 14.9 Å². The number of hydrogen-bond acceptors (Lipinski definition) is 8. The van der Waals surface area contributed by atoms with Crippen molar-refractivity contribution in [2.24, 2.45) is 5.10 Å². The molecule has 10 nitrogen and oxygen atoms in total. The van der Waals surface area contributed by atoms with Crippen molar-refractivity contribution >= 4 is 32.8 Å². The molecule has 176 valence electrons. The van der Waals surface area contributed by atoms with Crippen LogP contribution in [0.2, 0.25) is 0 Å². The summed E-state index contributed by atoms with van der Waals surface area (Å²) in [7, 11) is -3.75. The Hall–Kier alpha value is -3.02. The van der Waals surface area contributed by atoms with Crippen molar-refractivity contribution in [2.45, 2.75) is 24.7 Å². The van der Waals surface area contributed by atoms with Gasteiger partial charge in [0.15, 0.2) is 0 Å². The maximum Gasteiger partial charge on any atom is 0.295 e. The van der Waals surface area contributed by atoms with Crippen LogP contribution < -0.4 is 10.3 Å². The van der Waals surface area contributed by atoms with Crippen LogP contribution in [0.5, 0.6) is 0 Å². The van der Waals surface area contributed by atoms with Gasteiger partial charge in [-0.3, -0.25) is 15.5 Å². The smallest absolute Gasteiger partial charge is 0.295 e. The highest BCUT2D eigenvalue weighted by atomic mass is 32.2. The van der Waals surface area contributed by atoms with Crippen LogP contribution in [0.25, 0.3) is 0 Å². The highest BCUT2D eigenvalue weighted by molar-refractivity contribution is 7.89. The van der Waals surface area contributed by atoms with Crippen molar-refractivity contribution in [1.82, 2.24) is 4.31 Å². The molecule has 2 saturated heterocycles. The zero-order valence-corrected chi connectivity index (χ0v) is 19.3. The first kappa shape index (κ1) is 23.1. The third-order valence-electron chi connectivity index (χ3n) is 5.87. The number of rotatable bonds is 7. The van der Waals surface area contributed by atoms with Gasteiger partial charge in [0.2, 0.25) is 10.0 Å². The summed E-state index contributed by atoms with van der Waals surface area (Å²) in [6.07, 6.45) is 1.59. The van der Waals surface area contributed by atoms with Crippen LogP contribution in [0.1, 0.15) is 25.3 Å². The Bertz CT molecular complexity index is 1140. The number of morpholine rings is 1. The molecule has 2 heterocycles. The zero-order chi connectivity index (χ0) is 23.4. The monoisotopic (exact) mass is 473 g/mol. The lowest BCUT2D eigenvalue weighted by molar-refractivity contribution is -0.384. The molecule has 1 N–H and O–H groups in total. The first-order valence-electron chi connectivity index (χ1n) is 10.9. The maximum absolute atomic E-state index is 12.8. The lowest BCUT2D eigenvalue weighted by atomic mass is 10.1. The summed E-state index contributed by atoms with van der Waals surface area (Å²) in [5.74, 6) is 0. The van der Waals surface area contributed by atoms with Gasteiger partial charge < -0.3 is 9.64 Å². The molecular formula is C22H27N5O5S. The van der Waals surface area contributed by atoms with Crippen LogP contribution in [0.4, 0.5) is 17.1 Å². The van der Waals surface area contributed by atoms with Gasteiger partial charge in [0.25, 0.3) is 5.69 Å². The predicted molar refractivity (Wildman–Crippen MR) is 126 cm³/mol. The number of nitrogens with one attached hydrogen (secondary N) is 1. The normalized spacial score (nSPS) is 17.8. The van der Waals surface area contributed by atoms with Gasteiger partial charge in [-0.25, -0.2) is 8.42 Å². The summed E-state index contributed by atoms with van der Waals surface area (Å²) >= 11 is 0. The number of ether oxygens (including phenoxy) is 1. The van der Waals surface area contributed by atoms with E-state index in [1.165, 1.54) is 16.4 Å².